The third kappa shape index (κ3) is 3.45. The van der Waals surface area contributed by atoms with Gasteiger partial charge < -0.3 is 9.30 Å². The standard InChI is InChI=1S/C13H22ClN3O/c1-10(2)9-17-12(15-16-13(17)8-14)6-5-11-4-3-7-18-11/h10-11H,3-9H2,1-2H3. The molecule has 1 aliphatic heterocycles. The van der Waals surface area contributed by atoms with Crippen molar-refractivity contribution >= 4 is 11.6 Å². The van der Waals surface area contributed by atoms with Gasteiger partial charge in [-0.05, 0) is 25.2 Å². The number of halogens is 1. The molecule has 2 heterocycles. The molecule has 1 aliphatic rings. The number of aryl methyl sites for hydroxylation is 1. The van der Waals surface area contributed by atoms with Gasteiger partial charge in [0.1, 0.15) is 11.6 Å². The third-order valence-corrected chi connectivity index (χ3v) is 3.52. The Bertz CT molecular complexity index is 372. The van der Waals surface area contributed by atoms with Gasteiger partial charge in [0.05, 0.1) is 12.0 Å². The SMILES string of the molecule is CC(C)Cn1c(CCl)nnc1CCC1CCCO1. The molecule has 1 unspecified atom stereocenters. The van der Waals surface area contributed by atoms with Crippen LogP contribution in [0.3, 0.4) is 0 Å². The highest BCUT2D eigenvalue weighted by Gasteiger charge is 2.18. The molecule has 0 N–H and O–H groups in total. The number of hydrogen-bond acceptors (Lipinski definition) is 3. The van der Waals surface area contributed by atoms with E-state index in [1.807, 2.05) is 0 Å². The lowest BCUT2D eigenvalue weighted by atomic mass is 10.1. The van der Waals surface area contributed by atoms with Crippen LogP contribution in [0.1, 0.15) is 44.8 Å². The summed E-state index contributed by atoms with van der Waals surface area (Å²) < 4.78 is 7.82. The minimum atomic E-state index is 0.411. The zero-order valence-corrected chi connectivity index (χ0v) is 12.0. The number of alkyl halides is 1. The molecular weight excluding hydrogens is 250 g/mol. The van der Waals surface area contributed by atoms with E-state index in [2.05, 4.69) is 28.6 Å². The van der Waals surface area contributed by atoms with Crippen LogP contribution < -0.4 is 0 Å². The van der Waals surface area contributed by atoms with Gasteiger partial charge in [-0.2, -0.15) is 0 Å². The van der Waals surface area contributed by atoms with E-state index in [4.69, 9.17) is 16.3 Å². The van der Waals surface area contributed by atoms with Gasteiger partial charge in [-0.15, -0.1) is 21.8 Å². The van der Waals surface area contributed by atoms with Gasteiger partial charge in [0, 0.05) is 19.6 Å². The predicted molar refractivity (Wildman–Crippen MR) is 71.7 cm³/mol. The Labute approximate surface area is 114 Å². The van der Waals surface area contributed by atoms with Gasteiger partial charge in [0.15, 0.2) is 0 Å². The van der Waals surface area contributed by atoms with E-state index >= 15 is 0 Å². The molecule has 18 heavy (non-hydrogen) atoms. The number of hydrogen-bond donors (Lipinski definition) is 0. The minimum Gasteiger partial charge on any atom is -0.378 e. The molecule has 2 rings (SSSR count). The van der Waals surface area contributed by atoms with Crippen molar-refractivity contribution in [3.8, 4) is 0 Å². The van der Waals surface area contributed by atoms with E-state index in [0.29, 0.717) is 17.9 Å². The van der Waals surface area contributed by atoms with Gasteiger partial charge in [0.25, 0.3) is 0 Å². The first-order valence-corrected chi connectivity index (χ1v) is 7.32. The molecule has 0 saturated carbocycles. The Morgan fingerprint density at radius 2 is 2.17 bits per heavy atom. The van der Waals surface area contributed by atoms with Crippen molar-refractivity contribution in [3.05, 3.63) is 11.6 Å². The average Bonchev–Trinajstić information content (AvgIpc) is 2.95. The molecule has 0 radical (unpaired) electrons. The van der Waals surface area contributed by atoms with E-state index < -0.39 is 0 Å². The van der Waals surface area contributed by atoms with E-state index in [0.717, 1.165) is 37.6 Å². The molecule has 5 heteroatoms. The Hall–Kier alpha value is -0.610. The first kappa shape index (κ1) is 13.8. The second-order valence-corrected chi connectivity index (χ2v) is 5.61. The first-order valence-electron chi connectivity index (χ1n) is 6.79. The molecular formula is C13H22ClN3O. The van der Waals surface area contributed by atoms with Crippen molar-refractivity contribution in [1.82, 2.24) is 14.8 Å². The second-order valence-electron chi connectivity index (χ2n) is 5.34. The number of nitrogens with zero attached hydrogens (tertiary/aromatic N) is 3. The smallest absolute Gasteiger partial charge is 0.147 e. The highest BCUT2D eigenvalue weighted by molar-refractivity contribution is 6.16. The minimum absolute atomic E-state index is 0.411. The van der Waals surface area contributed by atoms with Gasteiger partial charge in [-0.1, -0.05) is 13.8 Å². The van der Waals surface area contributed by atoms with Crippen LogP contribution >= 0.6 is 11.6 Å². The molecule has 1 fully saturated rings. The molecule has 1 atom stereocenters. The lowest BCUT2D eigenvalue weighted by Crippen LogP contribution is -2.14. The zero-order chi connectivity index (χ0) is 13.0. The van der Waals surface area contributed by atoms with E-state index in [9.17, 15) is 0 Å². The van der Waals surface area contributed by atoms with Crippen molar-refractivity contribution in [1.29, 1.82) is 0 Å². The maximum absolute atomic E-state index is 5.91. The van der Waals surface area contributed by atoms with E-state index in [-0.39, 0.29) is 0 Å². The van der Waals surface area contributed by atoms with Crippen LogP contribution in [0.15, 0.2) is 0 Å². The molecule has 1 saturated heterocycles. The van der Waals surface area contributed by atoms with E-state index in [1.54, 1.807) is 0 Å². The number of ether oxygens (including phenoxy) is 1. The van der Waals surface area contributed by atoms with Crippen molar-refractivity contribution in [3.63, 3.8) is 0 Å². The lowest BCUT2D eigenvalue weighted by molar-refractivity contribution is 0.104. The highest BCUT2D eigenvalue weighted by atomic mass is 35.5. The highest BCUT2D eigenvalue weighted by Crippen LogP contribution is 2.18. The maximum Gasteiger partial charge on any atom is 0.147 e. The van der Waals surface area contributed by atoms with Crippen LogP contribution in [0.25, 0.3) is 0 Å². The number of aromatic nitrogens is 3. The maximum atomic E-state index is 5.91. The Kier molecular flexibility index (Phi) is 5.01. The zero-order valence-electron chi connectivity index (χ0n) is 11.2. The summed E-state index contributed by atoms with van der Waals surface area (Å²) in [6, 6.07) is 0. The lowest BCUT2D eigenvalue weighted by Gasteiger charge is -2.13. The van der Waals surface area contributed by atoms with Crippen LogP contribution in [0.4, 0.5) is 0 Å². The quantitative estimate of drug-likeness (QED) is 0.747. The summed E-state index contributed by atoms with van der Waals surface area (Å²) in [5, 5.41) is 8.45. The summed E-state index contributed by atoms with van der Waals surface area (Å²) >= 11 is 5.91. The summed E-state index contributed by atoms with van der Waals surface area (Å²) in [7, 11) is 0. The Balaban J connectivity index is 1.99. The van der Waals surface area contributed by atoms with Crippen molar-refractivity contribution in [2.45, 2.75) is 58.1 Å². The second kappa shape index (κ2) is 6.53. The Morgan fingerprint density at radius 1 is 1.39 bits per heavy atom. The monoisotopic (exact) mass is 271 g/mol. The summed E-state index contributed by atoms with van der Waals surface area (Å²) in [6.07, 6.45) is 4.75. The molecule has 0 bridgehead atoms. The summed E-state index contributed by atoms with van der Waals surface area (Å²) in [5.74, 6) is 2.94. The molecule has 1 aromatic heterocycles. The van der Waals surface area contributed by atoms with Crippen molar-refractivity contribution < 1.29 is 4.74 Å². The first-order chi connectivity index (χ1) is 8.70. The third-order valence-electron chi connectivity index (χ3n) is 3.29. The summed E-state index contributed by atoms with van der Waals surface area (Å²) in [5.41, 5.74) is 0. The Morgan fingerprint density at radius 3 is 2.78 bits per heavy atom. The van der Waals surface area contributed by atoms with Gasteiger partial charge in [-0.3, -0.25) is 0 Å². The molecule has 1 aromatic rings. The fraction of sp³-hybridized carbons (Fsp3) is 0.846. The van der Waals surface area contributed by atoms with Crippen LogP contribution in [0, 0.1) is 5.92 Å². The molecule has 0 spiro atoms. The normalized spacial score (nSPS) is 19.9. The molecule has 102 valence electrons. The predicted octanol–water partition coefficient (Wildman–Crippen LogP) is 2.78. The number of rotatable bonds is 6. The van der Waals surface area contributed by atoms with Gasteiger partial charge in [-0.25, -0.2) is 0 Å². The summed E-state index contributed by atoms with van der Waals surface area (Å²) in [6.45, 7) is 6.25. The van der Waals surface area contributed by atoms with Crippen LogP contribution in [0.2, 0.25) is 0 Å². The fourth-order valence-electron chi connectivity index (χ4n) is 2.39. The van der Waals surface area contributed by atoms with Gasteiger partial charge >= 0.3 is 0 Å². The van der Waals surface area contributed by atoms with Crippen LogP contribution in [-0.2, 0) is 23.6 Å². The molecule has 0 aliphatic carbocycles. The van der Waals surface area contributed by atoms with Crippen molar-refractivity contribution in [2.75, 3.05) is 6.61 Å². The molecule has 0 aromatic carbocycles. The topological polar surface area (TPSA) is 39.9 Å². The van der Waals surface area contributed by atoms with Gasteiger partial charge in [0.2, 0.25) is 0 Å². The van der Waals surface area contributed by atoms with E-state index in [1.165, 1.54) is 12.8 Å². The van der Waals surface area contributed by atoms with Crippen molar-refractivity contribution in [2.24, 2.45) is 5.92 Å². The van der Waals surface area contributed by atoms with Crippen LogP contribution in [0.5, 0.6) is 0 Å². The molecule has 0 amide bonds. The van der Waals surface area contributed by atoms with Crippen LogP contribution in [-0.4, -0.2) is 27.5 Å². The largest absolute Gasteiger partial charge is 0.378 e. The summed E-state index contributed by atoms with van der Waals surface area (Å²) in [4.78, 5) is 0. The molecule has 4 nitrogen and oxygen atoms in total. The fourth-order valence-corrected chi connectivity index (χ4v) is 2.59. The average molecular weight is 272 g/mol.